The van der Waals surface area contributed by atoms with Gasteiger partial charge < -0.3 is 19.1 Å². The molecule has 2 aliphatic rings. The summed E-state index contributed by atoms with van der Waals surface area (Å²) >= 11 is 0. The summed E-state index contributed by atoms with van der Waals surface area (Å²) < 4.78 is 30.5. The number of benzene rings is 2. The Labute approximate surface area is 178 Å². The fourth-order valence-electron chi connectivity index (χ4n) is 4.54. The van der Waals surface area contributed by atoms with Gasteiger partial charge in [0.25, 0.3) is 0 Å². The van der Waals surface area contributed by atoms with Crippen LogP contribution in [0.15, 0.2) is 36.4 Å². The van der Waals surface area contributed by atoms with Crippen molar-refractivity contribution in [1.82, 2.24) is 4.90 Å². The number of rotatable bonds is 6. The van der Waals surface area contributed by atoms with Crippen LogP contribution in [0.1, 0.15) is 24.5 Å². The minimum atomic E-state index is -0.332. The van der Waals surface area contributed by atoms with Crippen LogP contribution in [0.3, 0.4) is 0 Å². The van der Waals surface area contributed by atoms with E-state index >= 15 is 0 Å². The minimum absolute atomic E-state index is 0.187. The minimum Gasteiger partial charge on any atom is -0.493 e. The maximum absolute atomic E-state index is 13.2. The molecule has 30 heavy (non-hydrogen) atoms. The first kappa shape index (κ1) is 20.9. The molecule has 0 N–H and O–H groups in total. The largest absolute Gasteiger partial charge is 0.493 e. The standard InChI is InChI=1S/C24H31FN2O3/c1-24(21-17-23(29-3)22(28-2)16-18(21)8-15-30-24)9-10-26-11-13-27(14-12-26)20-6-4-19(25)5-7-20/h4-7,16-17H,8-15H2,1-3H3. The number of nitrogens with zero attached hydrogens (tertiary/aromatic N) is 2. The molecule has 0 bridgehead atoms. The van der Waals surface area contributed by atoms with E-state index < -0.39 is 0 Å². The van der Waals surface area contributed by atoms with Crippen LogP contribution < -0.4 is 14.4 Å². The van der Waals surface area contributed by atoms with Gasteiger partial charge in [-0.25, -0.2) is 4.39 Å². The van der Waals surface area contributed by atoms with Crippen LogP contribution in [-0.2, 0) is 16.8 Å². The quantitative estimate of drug-likeness (QED) is 0.718. The molecule has 2 aromatic carbocycles. The third-order valence-electron chi connectivity index (χ3n) is 6.44. The van der Waals surface area contributed by atoms with Gasteiger partial charge in [-0.3, -0.25) is 4.90 Å². The first-order valence-corrected chi connectivity index (χ1v) is 10.6. The van der Waals surface area contributed by atoms with Crippen molar-refractivity contribution < 1.29 is 18.6 Å². The SMILES string of the molecule is COc1cc2c(cc1OC)C(C)(CCN1CCN(c3ccc(F)cc3)CC1)OCC2. The zero-order valence-corrected chi connectivity index (χ0v) is 18.1. The van der Waals surface area contributed by atoms with Crippen molar-refractivity contribution in [3.05, 3.63) is 53.3 Å². The molecule has 0 radical (unpaired) electrons. The van der Waals surface area contributed by atoms with Gasteiger partial charge in [-0.2, -0.15) is 0 Å². The first-order chi connectivity index (χ1) is 14.5. The van der Waals surface area contributed by atoms with Gasteiger partial charge in [0.15, 0.2) is 11.5 Å². The van der Waals surface area contributed by atoms with Crippen molar-refractivity contribution in [1.29, 1.82) is 0 Å². The topological polar surface area (TPSA) is 34.2 Å². The lowest BCUT2D eigenvalue weighted by molar-refractivity contribution is -0.0575. The summed E-state index contributed by atoms with van der Waals surface area (Å²) in [5.41, 5.74) is 3.24. The van der Waals surface area contributed by atoms with Gasteiger partial charge in [-0.05, 0) is 67.3 Å². The molecule has 0 amide bonds. The van der Waals surface area contributed by atoms with Crippen molar-refractivity contribution in [3.8, 4) is 11.5 Å². The molecule has 0 aliphatic carbocycles. The van der Waals surface area contributed by atoms with E-state index in [0.717, 1.165) is 69.4 Å². The molecule has 2 aliphatic heterocycles. The molecule has 2 heterocycles. The Bertz CT molecular complexity index is 865. The van der Waals surface area contributed by atoms with E-state index in [0.29, 0.717) is 0 Å². The predicted molar refractivity (Wildman–Crippen MR) is 116 cm³/mol. The summed E-state index contributed by atoms with van der Waals surface area (Å²) in [6.07, 6.45) is 1.81. The van der Waals surface area contributed by atoms with Gasteiger partial charge in [0.2, 0.25) is 0 Å². The van der Waals surface area contributed by atoms with Crippen LogP contribution in [0.5, 0.6) is 11.5 Å². The second kappa shape index (κ2) is 8.82. The second-order valence-corrected chi connectivity index (χ2v) is 8.25. The van der Waals surface area contributed by atoms with Crippen LogP contribution in [-0.4, -0.2) is 58.5 Å². The Morgan fingerprint density at radius 3 is 2.33 bits per heavy atom. The molecular formula is C24H31FN2O3. The Balaban J connectivity index is 1.39. The number of halogens is 1. The lowest BCUT2D eigenvalue weighted by atomic mass is 9.84. The van der Waals surface area contributed by atoms with Crippen molar-refractivity contribution >= 4 is 5.69 Å². The molecule has 2 aromatic rings. The molecule has 162 valence electrons. The average molecular weight is 415 g/mol. The van der Waals surface area contributed by atoms with E-state index in [1.54, 1.807) is 14.2 Å². The molecular weight excluding hydrogens is 383 g/mol. The van der Waals surface area contributed by atoms with Gasteiger partial charge >= 0.3 is 0 Å². The van der Waals surface area contributed by atoms with E-state index in [9.17, 15) is 4.39 Å². The van der Waals surface area contributed by atoms with Crippen molar-refractivity contribution in [2.24, 2.45) is 0 Å². The fourth-order valence-corrected chi connectivity index (χ4v) is 4.54. The molecule has 4 rings (SSSR count). The second-order valence-electron chi connectivity index (χ2n) is 8.25. The lowest BCUT2D eigenvalue weighted by Gasteiger charge is -2.40. The number of ether oxygens (including phenoxy) is 3. The van der Waals surface area contributed by atoms with Crippen LogP contribution in [0.25, 0.3) is 0 Å². The number of hydrogen-bond acceptors (Lipinski definition) is 5. The molecule has 6 heteroatoms. The smallest absolute Gasteiger partial charge is 0.161 e. The normalized spacial score (nSPS) is 21.9. The summed E-state index contributed by atoms with van der Waals surface area (Å²) in [6, 6.07) is 11.0. The highest BCUT2D eigenvalue weighted by Gasteiger charge is 2.35. The highest BCUT2D eigenvalue weighted by molar-refractivity contribution is 5.50. The number of piperazine rings is 1. The zero-order chi connectivity index (χ0) is 21.1. The van der Waals surface area contributed by atoms with Gasteiger partial charge in [0.05, 0.1) is 26.4 Å². The molecule has 1 atom stereocenters. The first-order valence-electron chi connectivity index (χ1n) is 10.6. The molecule has 1 unspecified atom stereocenters. The molecule has 1 fully saturated rings. The van der Waals surface area contributed by atoms with Crippen molar-refractivity contribution in [2.45, 2.75) is 25.4 Å². The monoisotopic (exact) mass is 414 g/mol. The fraction of sp³-hybridized carbons (Fsp3) is 0.500. The van der Waals surface area contributed by atoms with Gasteiger partial charge in [-0.1, -0.05) is 0 Å². The number of hydrogen-bond donors (Lipinski definition) is 0. The molecule has 0 spiro atoms. The van der Waals surface area contributed by atoms with E-state index in [4.69, 9.17) is 14.2 Å². The van der Waals surface area contributed by atoms with Gasteiger partial charge in [0.1, 0.15) is 5.82 Å². The third kappa shape index (κ3) is 4.25. The molecule has 0 saturated carbocycles. The van der Waals surface area contributed by atoms with E-state index in [1.807, 2.05) is 12.1 Å². The number of anilines is 1. The Hall–Kier alpha value is -2.31. The van der Waals surface area contributed by atoms with Gasteiger partial charge in [-0.15, -0.1) is 0 Å². The highest BCUT2D eigenvalue weighted by atomic mass is 19.1. The van der Waals surface area contributed by atoms with Crippen LogP contribution in [0.2, 0.25) is 0 Å². The third-order valence-corrected chi connectivity index (χ3v) is 6.44. The average Bonchev–Trinajstić information content (AvgIpc) is 2.78. The Morgan fingerprint density at radius 1 is 1.00 bits per heavy atom. The summed E-state index contributed by atoms with van der Waals surface area (Å²) in [5.74, 6) is 1.34. The number of methoxy groups -OCH3 is 2. The molecule has 1 saturated heterocycles. The van der Waals surface area contributed by atoms with E-state index in [1.165, 1.54) is 23.3 Å². The Morgan fingerprint density at radius 2 is 1.67 bits per heavy atom. The van der Waals surface area contributed by atoms with E-state index in [2.05, 4.69) is 28.9 Å². The predicted octanol–water partition coefficient (Wildman–Crippen LogP) is 3.84. The number of fused-ring (bicyclic) bond motifs is 1. The maximum Gasteiger partial charge on any atom is 0.161 e. The van der Waals surface area contributed by atoms with E-state index in [-0.39, 0.29) is 11.4 Å². The summed E-state index contributed by atoms with van der Waals surface area (Å²) in [5, 5.41) is 0. The van der Waals surface area contributed by atoms with Crippen molar-refractivity contribution in [3.63, 3.8) is 0 Å². The summed E-state index contributed by atoms with van der Waals surface area (Å²) in [7, 11) is 3.35. The highest BCUT2D eigenvalue weighted by Crippen LogP contribution is 2.41. The molecule has 5 nitrogen and oxygen atoms in total. The lowest BCUT2D eigenvalue weighted by Crippen LogP contribution is -2.48. The Kier molecular flexibility index (Phi) is 6.16. The van der Waals surface area contributed by atoms with Crippen LogP contribution in [0, 0.1) is 5.82 Å². The van der Waals surface area contributed by atoms with Crippen molar-refractivity contribution in [2.75, 3.05) is 58.5 Å². The zero-order valence-electron chi connectivity index (χ0n) is 18.1. The molecule has 0 aromatic heterocycles. The van der Waals surface area contributed by atoms with Crippen LogP contribution >= 0.6 is 0 Å². The maximum atomic E-state index is 13.2. The summed E-state index contributed by atoms with van der Waals surface area (Å²) in [6.45, 7) is 7.76. The van der Waals surface area contributed by atoms with Gasteiger partial charge in [0, 0.05) is 38.4 Å². The summed E-state index contributed by atoms with van der Waals surface area (Å²) in [4.78, 5) is 4.81. The van der Waals surface area contributed by atoms with Crippen LogP contribution in [0.4, 0.5) is 10.1 Å².